The van der Waals surface area contributed by atoms with Crippen molar-refractivity contribution in [2.45, 2.75) is 51.7 Å². The average molecular weight is 456 g/mol. The Labute approximate surface area is 183 Å². The molecule has 0 atom stereocenters. The number of aryl methyl sites for hydroxylation is 1. The first-order chi connectivity index (χ1) is 15.3. The molecule has 1 aliphatic carbocycles. The number of halogens is 3. The fraction of sp³-hybridized carbons (Fsp3) is 0.571. The lowest BCUT2D eigenvalue weighted by molar-refractivity contribution is -0.192. The Kier molecular flexibility index (Phi) is 8.08. The van der Waals surface area contributed by atoms with Gasteiger partial charge < -0.3 is 14.6 Å². The summed E-state index contributed by atoms with van der Waals surface area (Å²) < 4.78 is 44.9. The molecule has 1 N–H and O–H groups in total. The summed E-state index contributed by atoms with van der Waals surface area (Å²) in [4.78, 5) is 11.4. The zero-order valence-electron chi connectivity index (χ0n) is 17.8. The number of hydrogen-bond donors (Lipinski definition) is 1. The smallest absolute Gasteiger partial charge is 0.490 e. The van der Waals surface area contributed by atoms with Crippen LogP contribution in [0, 0.1) is 5.92 Å². The molecule has 1 aromatic heterocycles. The number of carboxylic acid groups (broad SMARTS) is 1. The Morgan fingerprint density at radius 1 is 1.22 bits per heavy atom. The largest absolute Gasteiger partial charge is 0.497 e. The van der Waals surface area contributed by atoms with E-state index in [2.05, 4.69) is 32.0 Å². The molecule has 4 rings (SSSR count). The molecule has 0 saturated heterocycles. The second-order valence-electron chi connectivity index (χ2n) is 7.88. The molecule has 1 aliphatic heterocycles. The minimum Gasteiger partial charge on any atom is -0.497 e. The van der Waals surface area contributed by atoms with Crippen LogP contribution in [-0.2, 0) is 35.8 Å². The van der Waals surface area contributed by atoms with Crippen LogP contribution in [0.1, 0.15) is 36.2 Å². The monoisotopic (exact) mass is 456 g/mol. The Balaban J connectivity index is 0.000000360. The minimum absolute atomic E-state index is 0.586. The number of aliphatic carboxylic acids is 1. The fourth-order valence-corrected chi connectivity index (χ4v) is 3.30. The van der Waals surface area contributed by atoms with Gasteiger partial charge in [-0.25, -0.2) is 9.48 Å². The molecule has 2 heterocycles. The highest BCUT2D eigenvalue weighted by Gasteiger charge is 2.38. The van der Waals surface area contributed by atoms with Gasteiger partial charge in [-0.1, -0.05) is 17.3 Å². The van der Waals surface area contributed by atoms with Crippen molar-refractivity contribution in [2.75, 3.05) is 20.3 Å². The lowest BCUT2D eigenvalue weighted by atomic mass is 10.2. The summed E-state index contributed by atoms with van der Waals surface area (Å²) in [6.45, 7) is 5.25. The number of rotatable bonds is 7. The Morgan fingerprint density at radius 2 is 1.91 bits per heavy atom. The molecule has 1 fully saturated rings. The van der Waals surface area contributed by atoms with E-state index in [1.54, 1.807) is 7.11 Å². The molecule has 2 aromatic rings. The number of aromatic nitrogens is 3. The highest BCUT2D eigenvalue weighted by molar-refractivity contribution is 5.73. The van der Waals surface area contributed by atoms with Gasteiger partial charge in [-0.3, -0.25) is 4.90 Å². The summed E-state index contributed by atoms with van der Waals surface area (Å²) in [5, 5.41) is 15.8. The molecule has 11 heteroatoms. The van der Waals surface area contributed by atoms with Crippen molar-refractivity contribution in [1.29, 1.82) is 0 Å². The summed E-state index contributed by atoms with van der Waals surface area (Å²) in [7, 11) is 1.70. The van der Waals surface area contributed by atoms with Crippen molar-refractivity contribution in [2.24, 2.45) is 5.92 Å². The first-order valence-electron chi connectivity index (χ1n) is 10.4. The first kappa shape index (κ1) is 24.0. The summed E-state index contributed by atoms with van der Waals surface area (Å²) in [6.07, 6.45) is -1.36. The minimum atomic E-state index is -5.08. The van der Waals surface area contributed by atoms with Gasteiger partial charge in [0, 0.05) is 32.8 Å². The lowest BCUT2D eigenvalue weighted by Crippen LogP contribution is -2.23. The van der Waals surface area contributed by atoms with Crippen molar-refractivity contribution in [3.63, 3.8) is 0 Å². The van der Waals surface area contributed by atoms with Gasteiger partial charge in [0.25, 0.3) is 0 Å². The second-order valence-corrected chi connectivity index (χ2v) is 7.88. The van der Waals surface area contributed by atoms with E-state index in [9.17, 15) is 13.2 Å². The first-order valence-corrected chi connectivity index (χ1v) is 10.4. The maximum atomic E-state index is 10.6. The Bertz CT molecular complexity index is 882. The number of carboxylic acids is 1. The van der Waals surface area contributed by atoms with Crippen LogP contribution < -0.4 is 4.74 Å². The van der Waals surface area contributed by atoms with Gasteiger partial charge in [-0.05, 0) is 42.9 Å². The quantitative estimate of drug-likeness (QED) is 0.684. The summed E-state index contributed by atoms with van der Waals surface area (Å²) >= 11 is 0. The summed E-state index contributed by atoms with van der Waals surface area (Å²) in [5.74, 6) is -1.08. The van der Waals surface area contributed by atoms with Gasteiger partial charge in [0.2, 0.25) is 0 Å². The van der Waals surface area contributed by atoms with Crippen LogP contribution in [0.2, 0.25) is 0 Å². The van der Waals surface area contributed by atoms with Crippen molar-refractivity contribution in [3.8, 4) is 5.75 Å². The molecule has 32 heavy (non-hydrogen) atoms. The number of methoxy groups -OCH3 is 1. The fourth-order valence-electron chi connectivity index (χ4n) is 3.30. The number of carbonyl (C=O) groups is 1. The van der Waals surface area contributed by atoms with E-state index in [-0.39, 0.29) is 0 Å². The molecule has 0 radical (unpaired) electrons. The van der Waals surface area contributed by atoms with Gasteiger partial charge >= 0.3 is 12.1 Å². The number of alkyl halides is 3. The van der Waals surface area contributed by atoms with Gasteiger partial charge in [0.05, 0.1) is 19.4 Å². The second kappa shape index (κ2) is 10.8. The highest BCUT2D eigenvalue weighted by atomic mass is 19.4. The van der Waals surface area contributed by atoms with Crippen LogP contribution in [0.15, 0.2) is 24.3 Å². The molecular formula is C21H27F3N4O4. The van der Waals surface area contributed by atoms with E-state index >= 15 is 0 Å². The van der Waals surface area contributed by atoms with Crippen LogP contribution in [-0.4, -0.2) is 57.4 Å². The zero-order valence-corrected chi connectivity index (χ0v) is 17.8. The summed E-state index contributed by atoms with van der Waals surface area (Å²) in [6, 6.07) is 8.32. The highest BCUT2D eigenvalue weighted by Crippen LogP contribution is 2.29. The number of benzene rings is 1. The number of ether oxygens (including phenoxy) is 2. The Morgan fingerprint density at radius 3 is 2.50 bits per heavy atom. The van der Waals surface area contributed by atoms with Gasteiger partial charge in [0.15, 0.2) is 0 Å². The molecule has 0 bridgehead atoms. The van der Waals surface area contributed by atoms with E-state index in [0.29, 0.717) is 6.61 Å². The molecule has 2 aliphatic rings. The van der Waals surface area contributed by atoms with Crippen LogP contribution >= 0.6 is 0 Å². The maximum Gasteiger partial charge on any atom is 0.490 e. The van der Waals surface area contributed by atoms with Crippen molar-refractivity contribution < 1.29 is 32.5 Å². The zero-order chi connectivity index (χ0) is 23.1. The molecule has 0 spiro atoms. The van der Waals surface area contributed by atoms with Crippen LogP contribution in [0.4, 0.5) is 13.2 Å². The molecule has 1 aromatic carbocycles. The van der Waals surface area contributed by atoms with Gasteiger partial charge in [-0.2, -0.15) is 13.2 Å². The summed E-state index contributed by atoms with van der Waals surface area (Å²) in [5.41, 5.74) is 3.51. The lowest BCUT2D eigenvalue weighted by Gasteiger charge is -2.20. The third-order valence-corrected chi connectivity index (χ3v) is 5.23. The average Bonchev–Trinajstić information content (AvgIpc) is 3.53. The van der Waals surface area contributed by atoms with Crippen molar-refractivity contribution in [3.05, 3.63) is 41.2 Å². The predicted molar refractivity (Wildman–Crippen MR) is 108 cm³/mol. The molecule has 0 amide bonds. The van der Waals surface area contributed by atoms with Crippen molar-refractivity contribution in [1.82, 2.24) is 19.9 Å². The number of fused-ring (bicyclic) bond motifs is 1. The third-order valence-electron chi connectivity index (χ3n) is 5.23. The molecule has 1 saturated carbocycles. The van der Waals surface area contributed by atoms with Crippen LogP contribution in [0.3, 0.4) is 0 Å². The van der Waals surface area contributed by atoms with E-state index < -0.39 is 12.1 Å². The standard InChI is InChI=1S/C19H26N4O2.C2HF3O2/c1-24-17-7-5-15(6-8-17)11-22-9-2-10-23-19(12-22)18(20-21-23)14-25-13-16-3-4-16;3-2(4,5)1(6)7/h5-8,16H,2-4,9-14H2,1H3;(H,6,7). The topological polar surface area (TPSA) is 89.7 Å². The molecule has 176 valence electrons. The molecule has 0 unspecified atom stereocenters. The van der Waals surface area contributed by atoms with Gasteiger partial charge in [-0.15, -0.1) is 5.10 Å². The molecular weight excluding hydrogens is 429 g/mol. The van der Waals surface area contributed by atoms with Crippen LogP contribution in [0.5, 0.6) is 5.75 Å². The Hall–Kier alpha value is -2.66. The van der Waals surface area contributed by atoms with E-state index in [4.69, 9.17) is 19.4 Å². The van der Waals surface area contributed by atoms with E-state index in [1.807, 2.05) is 12.1 Å². The third kappa shape index (κ3) is 7.20. The van der Waals surface area contributed by atoms with E-state index in [0.717, 1.165) is 56.6 Å². The van der Waals surface area contributed by atoms with Crippen LogP contribution in [0.25, 0.3) is 0 Å². The normalized spacial score (nSPS) is 16.5. The van der Waals surface area contributed by atoms with Crippen molar-refractivity contribution >= 4 is 5.97 Å². The SMILES string of the molecule is COc1ccc(CN2CCCn3nnc(COCC4CC4)c3C2)cc1.O=C(O)C(F)(F)F. The maximum absolute atomic E-state index is 10.6. The predicted octanol–water partition coefficient (Wildman–Crippen LogP) is 3.25. The number of nitrogens with zero attached hydrogens (tertiary/aromatic N) is 4. The van der Waals surface area contributed by atoms with E-state index in [1.165, 1.54) is 24.1 Å². The van der Waals surface area contributed by atoms with Gasteiger partial charge in [0.1, 0.15) is 11.4 Å². The molecule has 8 nitrogen and oxygen atoms in total. The number of hydrogen-bond acceptors (Lipinski definition) is 6.